The summed E-state index contributed by atoms with van der Waals surface area (Å²) in [6.45, 7) is 38.0. The highest BCUT2D eigenvalue weighted by atomic mass is 14.3. The van der Waals surface area contributed by atoms with E-state index in [9.17, 15) is 0 Å². The van der Waals surface area contributed by atoms with Crippen LogP contribution in [0.5, 0.6) is 0 Å². The number of rotatable bonds is 9. The molecule has 4 unspecified atom stereocenters. The lowest BCUT2D eigenvalue weighted by atomic mass is 9.70. The molecule has 0 aliphatic rings. The first-order valence-corrected chi connectivity index (χ1v) is 13.0. The van der Waals surface area contributed by atoms with Crippen molar-refractivity contribution in [3.63, 3.8) is 0 Å². The van der Waals surface area contributed by atoms with Crippen molar-refractivity contribution in [2.24, 2.45) is 35.0 Å². The van der Waals surface area contributed by atoms with E-state index in [1.807, 2.05) is 41.5 Å². The molecule has 0 aliphatic heterocycles. The van der Waals surface area contributed by atoms with Crippen molar-refractivity contribution in [1.82, 2.24) is 0 Å². The first-order chi connectivity index (χ1) is 13.0. The second-order valence-corrected chi connectivity index (χ2v) is 8.96. The Bertz CT molecular complexity index is 238. The van der Waals surface area contributed by atoms with Gasteiger partial charge in [0, 0.05) is 0 Å². The molecule has 0 nitrogen and oxygen atoms in total. The Morgan fingerprint density at radius 1 is 0.621 bits per heavy atom. The highest BCUT2D eigenvalue weighted by molar-refractivity contribution is 4.79. The van der Waals surface area contributed by atoms with Crippen LogP contribution in [0.1, 0.15) is 157 Å². The van der Waals surface area contributed by atoms with Crippen LogP contribution < -0.4 is 0 Å². The van der Waals surface area contributed by atoms with Gasteiger partial charge in [-0.2, -0.15) is 0 Å². The van der Waals surface area contributed by atoms with Crippen LogP contribution in [-0.4, -0.2) is 0 Å². The SMILES string of the molecule is C.CC.CC.CC.CCC.CCC(C)C(C)CC(C)C(C)(C)CCC(C)C(C)C. The molecule has 0 aromatic heterocycles. The lowest BCUT2D eigenvalue weighted by Crippen LogP contribution is -2.26. The van der Waals surface area contributed by atoms with E-state index in [0.717, 1.165) is 29.6 Å². The standard InChI is InChI=1S/C19H40.C3H8.3C2H6.CH4/c1-10-15(4)17(6)13-18(7)19(8,9)12-11-16(5)14(2)3;1-3-2;3*1-2;/h14-18H,10-13H2,1-9H3;3H2,1-2H3;3*1-2H3;1H4. The van der Waals surface area contributed by atoms with Crippen molar-refractivity contribution in [2.75, 3.05) is 0 Å². The summed E-state index contributed by atoms with van der Waals surface area (Å²) in [5.41, 5.74) is 0.491. The molecule has 0 N–H and O–H groups in total. The molecule has 0 rings (SSSR count). The summed E-state index contributed by atoms with van der Waals surface area (Å²) >= 11 is 0. The molecule has 29 heavy (non-hydrogen) atoms. The van der Waals surface area contributed by atoms with Gasteiger partial charge in [-0.15, -0.1) is 0 Å². The monoisotopic (exact) mass is 419 g/mol. The first kappa shape index (κ1) is 43.0. The average molecular weight is 419 g/mol. The Labute approximate surface area is 192 Å². The summed E-state index contributed by atoms with van der Waals surface area (Å²) in [7, 11) is 0. The summed E-state index contributed by atoms with van der Waals surface area (Å²) in [4.78, 5) is 0. The predicted octanol–water partition coefficient (Wildman–Crippen LogP) is 11.9. The van der Waals surface area contributed by atoms with Crippen LogP contribution in [0, 0.1) is 35.0 Å². The zero-order valence-electron chi connectivity index (χ0n) is 23.9. The molecule has 0 heterocycles. The summed E-state index contributed by atoms with van der Waals surface area (Å²) in [6, 6.07) is 0. The smallest absolute Gasteiger partial charge is 0.0328 e. The molecule has 0 saturated carbocycles. The molecule has 186 valence electrons. The topological polar surface area (TPSA) is 0 Å². The minimum Gasteiger partial charge on any atom is -0.0776 e. The van der Waals surface area contributed by atoms with Crippen LogP contribution in [0.2, 0.25) is 0 Å². The van der Waals surface area contributed by atoms with Gasteiger partial charge in [-0.25, -0.2) is 0 Å². The van der Waals surface area contributed by atoms with E-state index in [0.29, 0.717) is 5.41 Å². The van der Waals surface area contributed by atoms with Crippen molar-refractivity contribution < 1.29 is 0 Å². The molecule has 0 radical (unpaired) electrons. The van der Waals surface area contributed by atoms with Crippen LogP contribution in [0.3, 0.4) is 0 Å². The molecular weight excluding hydrogens is 348 g/mol. The molecule has 0 amide bonds. The predicted molar refractivity (Wildman–Crippen MR) is 146 cm³/mol. The third-order valence-electron chi connectivity index (χ3n) is 6.06. The van der Waals surface area contributed by atoms with Crippen LogP contribution in [-0.2, 0) is 0 Å². The van der Waals surface area contributed by atoms with Crippen molar-refractivity contribution >= 4 is 0 Å². The van der Waals surface area contributed by atoms with Crippen molar-refractivity contribution in [3.05, 3.63) is 0 Å². The lowest BCUT2D eigenvalue weighted by Gasteiger charge is -2.36. The zero-order chi connectivity index (χ0) is 23.9. The fourth-order valence-electron chi connectivity index (χ4n) is 2.69. The van der Waals surface area contributed by atoms with Crippen molar-refractivity contribution in [3.8, 4) is 0 Å². The van der Waals surface area contributed by atoms with Crippen LogP contribution in [0.15, 0.2) is 0 Å². The molecule has 0 spiro atoms. The van der Waals surface area contributed by atoms with E-state index in [-0.39, 0.29) is 7.43 Å². The minimum absolute atomic E-state index is 0. The third-order valence-corrected chi connectivity index (χ3v) is 6.06. The van der Waals surface area contributed by atoms with Gasteiger partial charge in [0.1, 0.15) is 0 Å². The summed E-state index contributed by atoms with van der Waals surface area (Å²) < 4.78 is 0. The Hall–Kier alpha value is 0. The van der Waals surface area contributed by atoms with Crippen LogP contribution in [0.4, 0.5) is 0 Å². The van der Waals surface area contributed by atoms with E-state index in [4.69, 9.17) is 0 Å². The zero-order valence-corrected chi connectivity index (χ0v) is 23.9. The normalized spacial score (nSPS) is 13.9. The average Bonchev–Trinajstić information content (AvgIpc) is 2.70. The summed E-state index contributed by atoms with van der Waals surface area (Å²) in [5, 5.41) is 0. The fourth-order valence-corrected chi connectivity index (χ4v) is 2.69. The first-order valence-electron chi connectivity index (χ1n) is 13.0. The van der Waals surface area contributed by atoms with Gasteiger partial charge in [0.25, 0.3) is 0 Å². The highest BCUT2D eigenvalue weighted by Gasteiger charge is 2.28. The second kappa shape index (κ2) is 30.2. The van der Waals surface area contributed by atoms with E-state index in [1.54, 1.807) is 0 Å². The van der Waals surface area contributed by atoms with Gasteiger partial charge in [0.05, 0.1) is 0 Å². The van der Waals surface area contributed by atoms with Gasteiger partial charge in [0.15, 0.2) is 0 Å². The molecule has 0 aromatic rings. The Morgan fingerprint density at radius 2 is 0.966 bits per heavy atom. The van der Waals surface area contributed by atoms with E-state index < -0.39 is 0 Å². The molecule has 0 saturated heterocycles. The Balaban J connectivity index is -0.000000114. The molecule has 0 fully saturated rings. The molecule has 0 bridgehead atoms. The van der Waals surface area contributed by atoms with Gasteiger partial charge < -0.3 is 0 Å². The fraction of sp³-hybridized carbons (Fsp3) is 1.00. The van der Waals surface area contributed by atoms with Crippen LogP contribution in [0.25, 0.3) is 0 Å². The lowest BCUT2D eigenvalue weighted by molar-refractivity contribution is 0.147. The van der Waals surface area contributed by atoms with Gasteiger partial charge in [-0.1, -0.05) is 138 Å². The second-order valence-electron chi connectivity index (χ2n) is 8.96. The van der Waals surface area contributed by atoms with Crippen LogP contribution >= 0.6 is 0 Å². The maximum absolute atomic E-state index is 2.48. The van der Waals surface area contributed by atoms with E-state index in [1.165, 1.54) is 32.1 Å². The summed E-state index contributed by atoms with van der Waals surface area (Å²) in [6.07, 6.45) is 6.71. The molecule has 0 heteroatoms. The molecule has 4 atom stereocenters. The molecule has 0 aliphatic carbocycles. The van der Waals surface area contributed by atoms with Gasteiger partial charge in [-0.3, -0.25) is 0 Å². The van der Waals surface area contributed by atoms with Crippen molar-refractivity contribution in [2.45, 2.75) is 157 Å². The third kappa shape index (κ3) is 28.0. The Morgan fingerprint density at radius 3 is 1.24 bits per heavy atom. The van der Waals surface area contributed by atoms with E-state index >= 15 is 0 Å². The highest BCUT2D eigenvalue weighted by Crippen LogP contribution is 2.39. The van der Waals surface area contributed by atoms with Crippen molar-refractivity contribution in [1.29, 1.82) is 0 Å². The number of hydrogen-bond donors (Lipinski definition) is 0. The van der Waals surface area contributed by atoms with Gasteiger partial charge >= 0.3 is 0 Å². The van der Waals surface area contributed by atoms with E-state index in [2.05, 4.69) is 76.2 Å². The largest absolute Gasteiger partial charge is 0.0776 e. The maximum Gasteiger partial charge on any atom is -0.0328 e. The van der Waals surface area contributed by atoms with Gasteiger partial charge in [0.2, 0.25) is 0 Å². The molecular formula is C29H70. The molecule has 0 aromatic carbocycles. The quantitative estimate of drug-likeness (QED) is 0.349. The van der Waals surface area contributed by atoms with Gasteiger partial charge in [-0.05, 0) is 54.3 Å². The number of hydrogen-bond acceptors (Lipinski definition) is 0. The summed E-state index contributed by atoms with van der Waals surface area (Å²) in [5.74, 6) is 4.24. The minimum atomic E-state index is 0. The Kier molecular flexibility index (Phi) is 44.8. The maximum atomic E-state index is 2.48.